The van der Waals surface area contributed by atoms with Crippen LogP contribution in [-0.4, -0.2) is 62.5 Å². The Morgan fingerprint density at radius 1 is 0.854 bits per heavy atom. The number of aromatic nitrogens is 1. The normalized spacial score (nSPS) is 10.9. The van der Waals surface area contributed by atoms with Gasteiger partial charge in [-0.1, -0.05) is 6.07 Å². The molecule has 218 valence electrons. The minimum absolute atomic E-state index is 0.00515. The van der Waals surface area contributed by atoms with E-state index in [1.165, 1.54) is 0 Å². The summed E-state index contributed by atoms with van der Waals surface area (Å²) in [6, 6.07) is 14.5. The van der Waals surface area contributed by atoms with E-state index in [9.17, 15) is 9.90 Å². The Hall–Kier alpha value is -4.53. The number of phenols is 1. The maximum Gasteiger partial charge on any atom is 0.227 e. The Kier molecular flexibility index (Phi) is 9.49. The lowest BCUT2D eigenvalue weighted by molar-refractivity contribution is -0.131. The molecule has 4 rings (SSSR count). The summed E-state index contributed by atoms with van der Waals surface area (Å²) >= 11 is 0. The third kappa shape index (κ3) is 6.62. The maximum atomic E-state index is 13.8. The molecule has 9 nitrogen and oxygen atoms in total. The Bertz CT molecular complexity index is 1490. The number of methoxy groups -OCH3 is 4. The number of benzene rings is 3. The van der Waals surface area contributed by atoms with Gasteiger partial charge in [-0.2, -0.15) is 0 Å². The number of carbonyl (C=O) groups is 1. The Labute approximate surface area is 240 Å². The van der Waals surface area contributed by atoms with Gasteiger partial charge in [0.05, 0.1) is 53.6 Å². The summed E-state index contributed by atoms with van der Waals surface area (Å²) in [6.07, 6.45) is 0.710. The molecule has 1 amide bonds. The van der Waals surface area contributed by atoms with Crippen LogP contribution in [0.4, 0.5) is 0 Å². The highest BCUT2D eigenvalue weighted by molar-refractivity contribution is 5.86. The van der Waals surface area contributed by atoms with E-state index in [1.807, 2.05) is 32.0 Å². The number of hydrogen-bond acceptors (Lipinski definition) is 7. The van der Waals surface area contributed by atoms with Crippen LogP contribution in [0.3, 0.4) is 0 Å². The van der Waals surface area contributed by atoms with Gasteiger partial charge in [0.15, 0.2) is 11.5 Å². The van der Waals surface area contributed by atoms with Gasteiger partial charge in [-0.15, -0.1) is 0 Å². The highest BCUT2D eigenvalue weighted by atomic mass is 16.5. The van der Waals surface area contributed by atoms with E-state index in [0.717, 1.165) is 33.5 Å². The number of H-pyrrole nitrogens is 1. The van der Waals surface area contributed by atoms with Crippen molar-refractivity contribution >= 4 is 16.8 Å². The van der Waals surface area contributed by atoms with Gasteiger partial charge in [0.1, 0.15) is 23.0 Å². The van der Waals surface area contributed by atoms with Crippen LogP contribution in [0.15, 0.2) is 48.5 Å². The van der Waals surface area contributed by atoms with Gasteiger partial charge in [-0.05, 0) is 61.7 Å². The molecule has 9 heteroatoms. The highest BCUT2D eigenvalue weighted by Gasteiger charge is 2.22. The zero-order chi connectivity index (χ0) is 29.5. The average Bonchev–Trinajstić information content (AvgIpc) is 3.29. The summed E-state index contributed by atoms with van der Waals surface area (Å²) in [5, 5.41) is 11.4. The van der Waals surface area contributed by atoms with Crippen LogP contribution in [0, 0.1) is 6.92 Å². The minimum atomic E-state index is -0.108. The number of aromatic hydroxyl groups is 1. The van der Waals surface area contributed by atoms with Crippen molar-refractivity contribution in [2.24, 2.45) is 0 Å². The SMILES string of the molecule is CCOc1ccc(CC(=O)N(CCc2c(C)[nH]c3ccc(OC)cc23)Cc2c(OC)cc(OC)cc2OC)cc1O. The van der Waals surface area contributed by atoms with E-state index in [-0.39, 0.29) is 24.6 Å². The second-order valence-electron chi connectivity index (χ2n) is 9.63. The van der Waals surface area contributed by atoms with Gasteiger partial charge < -0.3 is 38.7 Å². The minimum Gasteiger partial charge on any atom is -0.504 e. The van der Waals surface area contributed by atoms with Crippen LogP contribution in [-0.2, 0) is 24.2 Å². The highest BCUT2D eigenvalue weighted by Crippen LogP contribution is 2.36. The first-order valence-electron chi connectivity index (χ1n) is 13.5. The van der Waals surface area contributed by atoms with Crippen molar-refractivity contribution in [3.63, 3.8) is 0 Å². The van der Waals surface area contributed by atoms with Crippen molar-refractivity contribution in [3.05, 3.63) is 70.9 Å². The van der Waals surface area contributed by atoms with Crippen LogP contribution in [0.2, 0.25) is 0 Å². The summed E-state index contributed by atoms with van der Waals surface area (Å²) < 4.78 is 27.6. The van der Waals surface area contributed by atoms with E-state index in [0.29, 0.717) is 48.1 Å². The Morgan fingerprint density at radius 3 is 2.17 bits per heavy atom. The molecule has 0 fully saturated rings. The Balaban J connectivity index is 1.67. The number of aryl methyl sites for hydroxylation is 1. The third-order valence-corrected chi connectivity index (χ3v) is 7.16. The fourth-order valence-electron chi connectivity index (χ4n) is 5.01. The smallest absolute Gasteiger partial charge is 0.227 e. The van der Waals surface area contributed by atoms with Gasteiger partial charge >= 0.3 is 0 Å². The zero-order valence-corrected chi connectivity index (χ0v) is 24.5. The predicted octanol–water partition coefficient (Wildman–Crippen LogP) is 5.43. The van der Waals surface area contributed by atoms with Crippen molar-refractivity contribution in [2.75, 3.05) is 41.6 Å². The molecule has 3 aromatic carbocycles. The molecule has 0 saturated heterocycles. The van der Waals surface area contributed by atoms with Crippen LogP contribution >= 0.6 is 0 Å². The van der Waals surface area contributed by atoms with Crippen molar-refractivity contribution in [1.82, 2.24) is 9.88 Å². The first-order chi connectivity index (χ1) is 19.8. The van der Waals surface area contributed by atoms with Gasteiger partial charge in [-0.25, -0.2) is 0 Å². The van der Waals surface area contributed by atoms with Gasteiger partial charge in [-0.3, -0.25) is 4.79 Å². The summed E-state index contributed by atoms with van der Waals surface area (Å²) in [7, 11) is 6.38. The number of nitrogens with zero attached hydrogens (tertiary/aromatic N) is 1. The Morgan fingerprint density at radius 2 is 1.56 bits per heavy atom. The lowest BCUT2D eigenvalue weighted by Crippen LogP contribution is -2.34. The van der Waals surface area contributed by atoms with Crippen molar-refractivity contribution in [2.45, 2.75) is 33.2 Å². The molecule has 41 heavy (non-hydrogen) atoms. The molecule has 0 spiro atoms. The molecule has 0 saturated carbocycles. The lowest BCUT2D eigenvalue weighted by Gasteiger charge is -2.26. The molecule has 0 aliphatic rings. The lowest BCUT2D eigenvalue weighted by atomic mass is 10.1. The molecule has 2 N–H and O–H groups in total. The number of fused-ring (bicyclic) bond motifs is 1. The predicted molar refractivity (Wildman–Crippen MR) is 158 cm³/mol. The molecule has 0 radical (unpaired) electrons. The first-order valence-corrected chi connectivity index (χ1v) is 13.5. The van der Waals surface area contributed by atoms with Gasteiger partial charge in [0, 0.05) is 35.3 Å². The number of phenolic OH excluding ortho intramolecular Hbond substituents is 1. The van der Waals surface area contributed by atoms with E-state index in [1.54, 1.807) is 63.7 Å². The molecule has 0 unspecified atom stereocenters. The number of nitrogens with one attached hydrogen (secondary N) is 1. The van der Waals surface area contributed by atoms with Crippen LogP contribution < -0.4 is 23.7 Å². The van der Waals surface area contributed by atoms with E-state index >= 15 is 0 Å². The topological polar surface area (TPSA) is 102 Å². The number of aromatic amines is 1. The number of rotatable bonds is 13. The summed E-state index contributed by atoms with van der Waals surface area (Å²) in [4.78, 5) is 19.1. The molecule has 0 bridgehead atoms. The maximum absolute atomic E-state index is 13.8. The summed E-state index contributed by atoms with van der Waals surface area (Å²) in [5.74, 6) is 2.77. The molecule has 1 heterocycles. The van der Waals surface area contributed by atoms with Crippen LogP contribution in [0.5, 0.6) is 34.5 Å². The quantitative estimate of drug-likeness (QED) is 0.224. The average molecular weight is 563 g/mol. The first kappa shape index (κ1) is 29.5. The molecule has 0 atom stereocenters. The number of ether oxygens (including phenoxy) is 5. The van der Waals surface area contributed by atoms with E-state index in [4.69, 9.17) is 23.7 Å². The molecular formula is C32H38N2O7. The van der Waals surface area contributed by atoms with Gasteiger partial charge in [0.25, 0.3) is 0 Å². The zero-order valence-electron chi connectivity index (χ0n) is 24.5. The van der Waals surface area contributed by atoms with E-state index < -0.39 is 0 Å². The summed E-state index contributed by atoms with van der Waals surface area (Å²) in [5.41, 5.74) is 4.58. The van der Waals surface area contributed by atoms with Crippen molar-refractivity contribution in [1.29, 1.82) is 0 Å². The second kappa shape index (κ2) is 13.2. The largest absolute Gasteiger partial charge is 0.504 e. The molecule has 0 aliphatic heterocycles. The van der Waals surface area contributed by atoms with Crippen LogP contribution in [0.25, 0.3) is 10.9 Å². The monoisotopic (exact) mass is 562 g/mol. The van der Waals surface area contributed by atoms with Crippen molar-refractivity contribution in [3.8, 4) is 34.5 Å². The fourth-order valence-corrected chi connectivity index (χ4v) is 5.01. The number of carbonyl (C=O) groups excluding carboxylic acids is 1. The number of amides is 1. The van der Waals surface area contributed by atoms with Gasteiger partial charge in [0.2, 0.25) is 5.91 Å². The number of hydrogen-bond donors (Lipinski definition) is 2. The molecule has 0 aliphatic carbocycles. The fraction of sp³-hybridized carbons (Fsp3) is 0.344. The standard InChI is InChI=1S/C32H38N2O7/c1-7-41-29-11-8-21(14-28(29)35)15-32(36)34(19-26-30(39-5)17-23(38-4)18-31(26)40-6)13-12-24-20(2)33-27-10-9-22(37-3)16-25(24)27/h8-11,14,16-18,33,35H,7,12-13,15,19H2,1-6H3. The van der Waals surface area contributed by atoms with E-state index in [2.05, 4.69) is 4.98 Å². The molecule has 4 aromatic rings. The van der Waals surface area contributed by atoms with Crippen molar-refractivity contribution < 1.29 is 33.6 Å². The molecular weight excluding hydrogens is 524 g/mol. The third-order valence-electron chi connectivity index (χ3n) is 7.16. The second-order valence-corrected chi connectivity index (χ2v) is 9.63. The molecule has 1 aromatic heterocycles. The van der Waals surface area contributed by atoms with Crippen LogP contribution in [0.1, 0.15) is 29.3 Å². The summed E-state index contributed by atoms with van der Waals surface area (Å²) in [6.45, 7) is 5.01.